The highest BCUT2D eigenvalue weighted by molar-refractivity contribution is 5.60. The maximum atomic E-state index is 10.3. The van der Waals surface area contributed by atoms with E-state index >= 15 is 0 Å². The SMILES string of the molecule is C/C=C/OC(=O)OCC. The third-order valence-electron chi connectivity index (χ3n) is 0.563. The number of ether oxygens (including phenoxy) is 2. The van der Waals surface area contributed by atoms with Crippen LogP contribution in [0.1, 0.15) is 13.8 Å². The van der Waals surface area contributed by atoms with E-state index in [1.165, 1.54) is 6.26 Å². The maximum absolute atomic E-state index is 10.3. The van der Waals surface area contributed by atoms with Crippen LogP contribution in [0.3, 0.4) is 0 Å². The average Bonchev–Trinajstić information content (AvgIpc) is 1.85. The third kappa shape index (κ3) is 4.87. The topological polar surface area (TPSA) is 35.5 Å². The van der Waals surface area contributed by atoms with Crippen molar-refractivity contribution in [2.75, 3.05) is 6.61 Å². The molecule has 0 atom stereocenters. The van der Waals surface area contributed by atoms with Crippen molar-refractivity contribution in [2.45, 2.75) is 13.8 Å². The molecule has 3 heteroatoms. The van der Waals surface area contributed by atoms with Gasteiger partial charge in [0.1, 0.15) is 0 Å². The van der Waals surface area contributed by atoms with Gasteiger partial charge in [-0.3, -0.25) is 0 Å². The Hall–Kier alpha value is -0.990. The highest BCUT2D eigenvalue weighted by Gasteiger charge is 1.95. The van der Waals surface area contributed by atoms with E-state index in [9.17, 15) is 4.79 Å². The Balaban J connectivity index is 3.27. The molecule has 0 bridgehead atoms. The summed E-state index contributed by atoms with van der Waals surface area (Å²) in [6.07, 6.45) is 2.23. The monoisotopic (exact) mass is 130 g/mol. The van der Waals surface area contributed by atoms with Gasteiger partial charge in [-0.05, 0) is 13.8 Å². The van der Waals surface area contributed by atoms with Gasteiger partial charge in [-0.25, -0.2) is 4.79 Å². The predicted octanol–water partition coefficient (Wildman–Crippen LogP) is 1.69. The fraction of sp³-hybridized carbons (Fsp3) is 0.500. The van der Waals surface area contributed by atoms with Crippen molar-refractivity contribution in [2.24, 2.45) is 0 Å². The van der Waals surface area contributed by atoms with Crippen LogP contribution < -0.4 is 0 Å². The van der Waals surface area contributed by atoms with E-state index in [0.717, 1.165) is 0 Å². The second-order valence-corrected chi connectivity index (χ2v) is 1.27. The summed E-state index contributed by atoms with van der Waals surface area (Å²) in [5.74, 6) is 0. The van der Waals surface area contributed by atoms with Gasteiger partial charge in [-0.1, -0.05) is 6.08 Å². The summed E-state index contributed by atoms with van der Waals surface area (Å²) in [4.78, 5) is 10.3. The first kappa shape index (κ1) is 8.01. The third-order valence-corrected chi connectivity index (χ3v) is 0.563. The highest BCUT2D eigenvalue weighted by Crippen LogP contribution is 1.84. The minimum absolute atomic E-state index is 0.344. The molecule has 0 radical (unpaired) electrons. The standard InChI is InChI=1S/C6H10O3/c1-3-5-9-6(7)8-4-2/h3,5H,4H2,1-2H3/b5-3+. The molecule has 0 aromatic heterocycles. The summed E-state index contributed by atoms with van der Waals surface area (Å²) in [7, 11) is 0. The molecule has 0 aliphatic carbocycles. The molecule has 0 aromatic carbocycles. The number of carbonyl (C=O) groups is 1. The van der Waals surface area contributed by atoms with Crippen LogP contribution in [0.25, 0.3) is 0 Å². The zero-order valence-electron chi connectivity index (χ0n) is 5.59. The number of carbonyl (C=O) groups excluding carboxylic acids is 1. The summed E-state index contributed by atoms with van der Waals surface area (Å²) in [5.41, 5.74) is 0. The molecule has 0 saturated carbocycles. The molecule has 0 fully saturated rings. The second kappa shape index (κ2) is 5.15. The van der Waals surface area contributed by atoms with E-state index < -0.39 is 6.16 Å². The van der Waals surface area contributed by atoms with E-state index in [2.05, 4.69) is 9.47 Å². The fourth-order valence-corrected chi connectivity index (χ4v) is 0.275. The normalized spacial score (nSPS) is 9.56. The largest absolute Gasteiger partial charge is 0.513 e. The van der Waals surface area contributed by atoms with Gasteiger partial charge in [0, 0.05) is 0 Å². The van der Waals surface area contributed by atoms with Gasteiger partial charge in [0.15, 0.2) is 0 Å². The predicted molar refractivity (Wildman–Crippen MR) is 32.9 cm³/mol. The lowest BCUT2D eigenvalue weighted by molar-refractivity contribution is 0.0893. The van der Waals surface area contributed by atoms with Gasteiger partial charge in [-0.15, -0.1) is 0 Å². The number of allylic oxidation sites excluding steroid dienone is 1. The molecule has 0 N–H and O–H groups in total. The molecule has 0 aliphatic heterocycles. The van der Waals surface area contributed by atoms with Crippen molar-refractivity contribution >= 4 is 6.16 Å². The zero-order valence-corrected chi connectivity index (χ0v) is 5.59. The van der Waals surface area contributed by atoms with Crippen molar-refractivity contribution in [1.29, 1.82) is 0 Å². The Morgan fingerprint density at radius 3 is 2.78 bits per heavy atom. The van der Waals surface area contributed by atoms with Crippen LogP contribution in [0, 0.1) is 0 Å². The first-order valence-corrected chi connectivity index (χ1v) is 2.75. The van der Waals surface area contributed by atoms with Gasteiger partial charge >= 0.3 is 6.16 Å². The van der Waals surface area contributed by atoms with Crippen molar-refractivity contribution < 1.29 is 14.3 Å². The highest BCUT2D eigenvalue weighted by atomic mass is 16.7. The molecule has 3 nitrogen and oxygen atoms in total. The van der Waals surface area contributed by atoms with E-state index in [4.69, 9.17) is 0 Å². The number of rotatable bonds is 2. The van der Waals surface area contributed by atoms with Crippen LogP contribution in [0.4, 0.5) is 4.79 Å². The van der Waals surface area contributed by atoms with E-state index in [0.29, 0.717) is 6.61 Å². The van der Waals surface area contributed by atoms with Gasteiger partial charge < -0.3 is 9.47 Å². The molecular weight excluding hydrogens is 120 g/mol. The van der Waals surface area contributed by atoms with Gasteiger partial charge in [-0.2, -0.15) is 0 Å². The van der Waals surface area contributed by atoms with Gasteiger partial charge in [0.2, 0.25) is 0 Å². The van der Waals surface area contributed by atoms with Crippen LogP contribution in [-0.2, 0) is 9.47 Å². The lowest BCUT2D eigenvalue weighted by Crippen LogP contribution is -2.01. The zero-order chi connectivity index (χ0) is 7.11. The summed E-state index contributed by atoms with van der Waals surface area (Å²) >= 11 is 0. The van der Waals surface area contributed by atoms with Crippen molar-refractivity contribution in [3.05, 3.63) is 12.3 Å². The van der Waals surface area contributed by atoms with Crippen molar-refractivity contribution in [3.63, 3.8) is 0 Å². The molecule has 0 unspecified atom stereocenters. The van der Waals surface area contributed by atoms with Crippen molar-refractivity contribution in [3.8, 4) is 0 Å². The lowest BCUT2D eigenvalue weighted by Gasteiger charge is -1.96. The molecule has 0 aromatic rings. The Labute approximate surface area is 54.3 Å². The van der Waals surface area contributed by atoms with E-state index in [1.54, 1.807) is 19.9 Å². The minimum Gasteiger partial charge on any atom is -0.434 e. The first-order chi connectivity index (χ1) is 4.31. The number of hydrogen-bond acceptors (Lipinski definition) is 3. The molecular formula is C6H10O3. The summed E-state index contributed by atoms with van der Waals surface area (Å²) in [6, 6.07) is 0. The van der Waals surface area contributed by atoms with Crippen LogP contribution in [-0.4, -0.2) is 12.8 Å². The minimum atomic E-state index is -0.657. The molecule has 9 heavy (non-hydrogen) atoms. The molecule has 0 rings (SSSR count). The molecule has 0 amide bonds. The Bertz CT molecular complexity index is 107. The van der Waals surface area contributed by atoms with Crippen LogP contribution in [0.2, 0.25) is 0 Å². The summed E-state index contributed by atoms with van der Waals surface area (Å²) < 4.78 is 8.82. The fourth-order valence-electron chi connectivity index (χ4n) is 0.275. The maximum Gasteiger partial charge on any atom is 0.513 e. The molecule has 0 saturated heterocycles. The molecule has 0 aliphatic rings. The molecule has 0 spiro atoms. The average molecular weight is 130 g/mol. The Morgan fingerprint density at radius 2 is 2.33 bits per heavy atom. The van der Waals surface area contributed by atoms with Gasteiger partial charge in [0.05, 0.1) is 12.9 Å². The quantitative estimate of drug-likeness (QED) is 0.421. The molecule has 0 heterocycles. The Kier molecular flexibility index (Phi) is 4.59. The van der Waals surface area contributed by atoms with E-state index in [1.807, 2.05) is 0 Å². The summed E-state index contributed by atoms with van der Waals surface area (Å²) in [5, 5.41) is 0. The smallest absolute Gasteiger partial charge is 0.434 e. The van der Waals surface area contributed by atoms with Crippen molar-refractivity contribution in [1.82, 2.24) is 0 Å². The lowest BCUT2D eigenvalue weighted by atomic mass is 10.7. The van der Waals surface area contributed by atoms with Crippen LogP contribution in [0.5, 0.6) is 0 Å². The molecule has 52 valence electrons. The van der Waals surface area contributed by atoms with Gasteiger partial charge in [0.25, 0.3) is 0 Å². The summed E-state index contributed by atoms with van der Waals surface area (Å²) in [6.45, 7) is 3.81. The Morgan fingerprint density at radius 1 is 1.67 bits per heavy atom. The number of hydrogen-bond donors (Lipinski definition) is 0. The van der Waals surface area contributed by atoms with E-state index in [-0.39, 0.29) is 0 Å². The van der Waals surface area contributed by atoms with Crippen LogP contribution >= 0.6 is 0 Å². The second-order valence-electron chi connectivity index (χ2n) is 1.27. The first-order valence-electron chi connectivity index (χ1n) is 2.75. The van der Waals surface area contributed by atoms with Crippen LogP contribution in [0.15, 0.2) is 12.3 Å².